The fraction of sp³-hybridized carbons (Fsp3) is 0.188. The number of carbonyl (C=O) groups excluding carboxylic acids is 1. The highest BCUT2D eigenvalue weighted by Crippen LogP contribution is 2.29. The molecule has 0 atom stereocenters. The van der Waals surface area contributed by atoms with E-state index in [-0.39, 0.29) is 0 Å². The van der Waals surface area contributed by atoms with Crippen LogP contribution in [0.1, 0.15) is 10.4 Å². The first-order valence-corrected chi connectivity index (χ1v) is 6.26. The Balaban J connectivity index is 2.28. The Morgan fingerprint density at radius 1 is 0.810 bits per heavy atom. The number of methoxy groups -OCH3 is 3. The van der Waals surface area contributed by atoms with E-state index in [4.69, 9.17) is 18.9 Å². The molecule has 2 aromatic carbocycles. The SMILES string of the molecule is COc1ccc(C(=O)Oc2ccccc2OC)c(OC)c1. The summed E-state index contributed by atoms with van der Waals surface area (Å²) in [5.74, 6) is 1.29. The standard InChI is InChI=1S/C16H16O5/c1-18-11-8-9-12(15(10-11)20-3)16(17)21-14-7-5-4-6-13(14)19-2/h4-10H,1-3H3. The predicted octanol–water partition coefficient (Wildman–Crippen LogP) is 2.93. The minimum Gasteiger partial charge on any atom is -0.497 e. The van der Waals surface area contributed by atoms with Gasteiger partial charge >= 0.3 is 5.97 Å². The highest BCUT2D eigenvalue weighted by atomic mass is 16.6. The predicted molar refractivity (Wildman–Crippen MR) is 77.5 cm³/mol. The van der Waals surface area contributed by atoms with Gasteiger partial charge in [-0.1, -0.05) is 12.1 Å². The van der Waals surface area contributed by atoms with Gasteiger partial charge in [0.05, 0.1) is 21.3 Å². The number of hydrogen-bond acceptors (Lipinski definition) is 5. The summed E-state index contributed by atoms with van der Waals surface area (Å²) in [6, 6.07) is 11.8. The van der Waals surface area contributed by atoms with Gasteiger partial charge in [-0.2, -0.15) is 0 Å². The third kappa shape index (κ3) is 3.25. The second-order valence-electron chi connectivity index (χ2n) is 4.11. The van der Waals surface area contributed by atoms with Crippen molar-refractivity contribution in [2.45, 2.75) is 0 Å². The highest BCUT2D eigenvalue weighted by molar-refractivity contribution is 5.94. The molecule has 0 fully saturated rings. The number of para-hydroxylation sites is 2. The first kappa shape index (κ1) is 14.7. The van der Waals surface area contributed by atoms with Crippen LogP contribution < -0.4 is 18.9 Å². The maximum atomic E-state index is 12.3. The molecule has 0 heterocycles. The molecule has 0 N–H and O–H groups in total. The zero-order chi connectivity index (χ0) is 15.2. The molecule has 0 aromatic heterocycles. The molecule has 0 aliphatic heterocycles. The molecule has 21 heavy (non-hydrogen) atoms. The number of benzene rings is 2. The smallest absolute Gasteiger partial charge is 0.347 e. The Morgan fingerprint density at radius 2 is 1.48 bits per heavy atom. The van der Waals surface area contributed by atoms with E-state index < -0.39 is 5.97 Å². The summed E-state index contributed by atoms with van der Waals surface area (Å²) < 4.78 is 20.8. The average Bonchev–Trinajstić information content (AvgIpc) is 2.54. The summed E-state index contributed by atoms with van der Waals surface area (Å²) in [5.41, 5.74) is 0.309. The molecule has 0 aliphatic carbocycles. The fourth-order valence-corrected chi connectivity index (χ4v) is 1.83. The zero-order valence-electron chi connectivity index (χ0n) is 12.1. The zero-order valence-corrected chi connectivity index (χ0v) is 12.1. The summed E-state index contributed by atoms with van der Waals surface area (Å²) in [6.45, 7) is 0. The molecule has 0 unspecified atom stereocenters. The van der Waals surface area contributed by atoms with Crippen molar-refractivity contribution < 1.29 is 23.7 Å². The van der Waals surface area contributed by atoms with Gasteiger partial charge in [0.1, 0.15) is 17.1 Å². The summed E-state index contributed by atoms with van der Waals surface area (Å²) in [6.07, 6.45) is 0. The molecule has 2 rings (SSSR count). The maximum Gasteiger partial charge on any atom is 0.347 e. The summed E-state index contributed by atoms with van der Waals surface area (Å²) >= 11 is 0. The van der Waals surface area contributed by atoms with Gasteiger partial charge in [-0.15, -0.1) is 0 Å². The van der Waals surface area contributed by atoms with Crippen LogP contribution in [0.2, 0.25) is 0 Å². The van der Waals surface area contributed by atoms with E-state index in [1.165, 1.54) is 14.2 Å². The highest BCUT2D eigenvalue weighted by Gasteiger charge is 2.17. The quantitative estimate of drug-likeness (QED) is 0.625. The molecule has 0 saturated carbocycles. The molecular formula is C16H16O5. The molecule has 0 aliphatic rings. The van der Waals surface area contributed by atoms with Crippen LogP contribution in [0, 0.1) is 0 Å². The third-order valence-corrected chi connectivity index (χ3v) is 2.90. The van der Waals surface area contributed by atoms with E-state index in [0.717, 1.165) is 0 Å². The summed E-state index contributed by atoms with van der Waals surface area (Å²) in [7, 11) is 4.54. The molecule has 5 nitrogen and oxygen atoms in total. The number of rotatable bonds is 5. The Morgan fingerprint density at radius 3 is 2.10 bits per heavy atom. The molecule has 0 bridgehead atoms. The third-order valence-electron chi connectivity index (χ3n) is 2.90. The van der Waals surface area contributed by atoms with Crippen LogP contribution >= 0.6 is 0 Å². The van der Waals surface area contributed by atoms with Gasteiger partial charge in [-0.3, -0.25) is 0 Å². The Hall–Kier alpha value is -2.69. The van der Waals surface area contributed by atoms with Gasteiger partial charge in [0, 0.05) is 6.07 Å². The van der Waals surface area contributed by atoms with Gasteiger partial charge in [-0.25, -0.2) is 4.79 Å². The number of carbonyl (C=O) groups is 1. The van der Waals surface area contributed by atoms with Crippen molar-refractivity contribution in [2.75, 3.05) is 21.3 Å². The van der Waals surface area contributed by atoms with E-state index in [2.05, 4.69) is 0 Å². The van der Waals surface area contributed by atoms with Crippen molar-refractivity contribution in [1.29, 1.82) is 0 Å². The maximum absolute atomic E-state index is 12.3. The van der Waals surface area contributed by atoms with Crippen molar-refractivity contribution in [1.82, 2.24) is 0 Å². The van der Waals surface area contributed by atoms with Crippen LogP contribution in [0.5, 0.6) is 23.0 Å². The second kappa shape index (κ2) is 6.65. The number of esters is 1. The van der Waals surface area contributed by atoms with Crippen molar-refractivity contribution in [3.63, 3.8) is 0 Å². The van der Waals surface area contributed by atoms with Gasteiger partial charge in [0.15, 0.2) is 11.5 Å². The van der Waals surface area contributed by atoms with E-state index in [9.17, 15) is 4.79 Å². The van der Waals surface area contributed by atoms with Gasteiger partial charge in [0.25, 0.3) is 0 Å². The van der Waals surface area contributed by atoms with Crippen LogP contribution in [-0.2, 0) is 0 Å². The lowest BCUT2D eigenvalue weighted by atomic mass is 10.2. The lowest BCUT2D eigenvalue weighted by Gasteiger charge is -2.11. The van der Waals surface area contributed by atoms with Crippen LogP contribution in [0.25, 0.3) is 0 Å². The monoisotopic (exact) mass is 288 g/mol. The topological polar surface area (TPSA) is 54.0 Å². The van der Waals surface area contributed by atoms with Gasteiger partial charge < -0.3 is 18.9 Å². The van der Waals surface area contributed by atoms with E-state index >= 15 is 0 Å². The van der Waals surface area contributed by atoms with Crippen molar-refractivity contribution >= 4 is 5.97 Å². The molecule has 0 saturated heterocycles. The van der Waals surface area contributed by atoms with Crippen molar-refractivity contribution in [3.8, 4) is 23.0 Å². The molecule has 0 spiro atoms. The Bertz CT molecular complexity index is 636. The van der Waals surface area contributed by atoms with Crippen LogP contribution in [0.3, 0.4) is 0 Å². The lowest BCUT2D eigenvalue weighted by molar-refractivity contribution is 0.0726. The largest absolute Gasteiger partial charge is 0.497 e. The van der Waals surface area contributed by atoms with Gasteiger partial charge in [-0.05, 0) is 24.3 Å². The first-order valence-electron chi connectivity index (χ1n) is 6.26. The number of ether oxygens (including phenoxy) is 4. The molecule has 110 valence electrons. The van der Waals surface area contributed by atoms with Crippen molar-refractivity contribution in [2.24, 2.45) is 0 Å². The molecule has 0 radical (unpaired) electrons. The average molecular weight is 288 g/mol. The molecule has 0 amide bonds. The summed E-state index contributed by atoms with van der Waals surface area (Å²) in [5, 5.41) is 0. The van der Waals surface area contributed by atoms with Crippen LogP contribution in [-0.4, -0.2) is 27.3 Å². The lowest BCUT2D eigenvalue weighted by Crippen LogP contribution is -2.11. The minimum atomic E-state index is -0.529. The Labute approximate surface area is 123 Å². The molecule has 5 heteroatoms. The fourth-order valence-electron chi connectivity index (χ4n) is 1.83. The van der Waals surface area contributed by atoms with Crippen LogP contribution in [0.15, 0.2) is 42.5 Å². The van der Waals surface area contributed by atoms with Crippen molar-refractivity contribution in [3.05, 3.63) is 48.0 Å². The van der Waals surface area contributed by atoms with Crippen LogP contribution in [0.4, 0.5) is 0 Å². The summed E-state index contributed by atoms with van der Waals surface area (Å²) in [4.78, 5) is 12.3. The van der Waals surface area contributed by atoms with Gasteiger partial charge in [0.2, 0.25) is 0 Å². The Kier molecular flexibility index (Phi) is 4.66. The minimum absolute atomic E-state index is 0.309. The van der Waals surface area contributed by atoms with E-state index in [1.807, 2.05) is 0 Å². The number of hydrogen-bond donors (Lipinski definition) is 0. The van der Waals surface area contributed by atoms with E-state index in [0.29, 0.717) is 28.6 Å². The normalized spacial score (nSPS) is 9.86. The second-order valence-corrected chi connectivity index (χ2v) is 4.11. The molecule has 2 aromatic rings. The van der Waals surface area contributed by atoms with E-state index in [1.54, 1.807) is 49.6 Å². The first-order chi connectivity index (χ1) is 10.2. The molecular weight excluding hydrogens is 272 g/mol.